The quantitative estimate of drug-likeness (QED) is 0.548. The topological polar surface area (TPSA) is 90.0 Å². The molecule has 1 N–H and O–H groups in total. The second-order valence-electron chi connectivity index (χ2n) is 6.65. The molecule has 2 aromatic heterocycles. The molecular weight excluding hydrogens is 387 g/mol. The monoisotopic (exact) mass is 404 g/mol. The van der Waals surface area contributed by atoms with E-state index in [0.717, 1.165) is 5.56 Å². The van der Waals surface area contributed by atoms with Gasteiger partial charge in [-0.1, -0.05) is 41.1 Å². The number of hydrogen-bond acceptors (Lipinski definition) is 5. The van der Waals surface area contributed by atoms with Gasteiger partial charge >= 0.3 is 0 Å². The first-order chi connectivity index (χ1) is 14.5. The second kappa shape index (κ2) is 8.12. The van der Waals surface area contributed by atoms with Crippen LogP contribution in [0.4, 0.5) is 10.1 Å². The molecule has 0 fully saturated rings. The summed E-state index contributed by atoms with van der Waals surface area (Å²) >= 11 is 0. The highest BCUT2D eigenvalue weighted by molar-refractivity contribution is 5.90. The van der Waals surface area contributed by atoms with Gasteiger partial charge in [-0.25, -0.2) is 4.39 Å². The number of rotatable bonds is 5. The first-order valence-corrected chi connectivity index (χ1v) is 9.16. The van der Waals surface area contributed by atoms with Crippen molar-refractivity contribution in [1.82, 2.24) is 14.7 Å². The van der Waals surface area contributed by atoms with Gasteiger partial charge < -0.3 is 9.84 Å². The number of nitrogens with one attached hydrogen (secondary N) is 1. The zero-order chi connectivity index (χ0) is 21.1. The van der Waals surface area contributed by atoms with Gasteiger partial charge in [-0.2, -0.15) is 4.98 Å². The number of anilines is 1. The average Bonchev–Trinajstić information content (AvgIpc) is 3.21. The van der Waals surface area contributed by atoms with E-state index in [1.54, 1.807) is 30.3 Å². The van der Waals surface area contributed by atoms with Crippen LogP contribution >= 0.6 is 0 Å². The van der Waals surface area contributed by atoms with E-state index in [9.17, 15) is 14.0 Å². The number of aromatic nitrogens is 3. The number of aryl methyl sites for hydroxylation is 1. The fourth-order valence-corrected chi connectivity index (χ4v) is 2.93. The Labute approximate surface area is 170 Å². The minimum absolute atomic E-state index is 0.00842. The third kappa shape index (κ3) is 4.02. The van der Waals surface area contributed by atoms with Crippen LogP contribution in [0.1, 0.15) is 5.56 Å². The summed E-state index contributed by atoms with van der Waals surface area (Å²) in [6.45, 7) is 1.70. The van der Waals surface area contributed by atoms with Crippen LogP contribution in [-0.2, 0) is 11.3 Å². The van der Waals surface area contributed by atoms with Crippen LogP contribution < -0.4 is 10.9 Å². The molecule has 8 heteroatoms. The molecule has 0 unspecified atom stereocenters. The zero-order valence-electron chi connectivity index (χ0n) is 16.0. The Morgan fingerprint density at radius 1 is 1.07 bits per heavy atom. The van der Waals surface area contributed by atoms with Crippen molar-refractivity contribution in [3.05, 3.63) is 88.5 Å². The van der Waals surface area contributed by atoms with Crippen LogP contribution in [0.2, 0.25) is 0 Å². The molecule has 0 aliphatic carbocycles. The Morgan fingerprint density at radius 3 is 2.60 bits per heavy atom. The molecule has 2 heterocycles. The van der Waals surface area contributed by atoms with Gasteiger partial charge in [0, 0.05) is 11.8 Å². The van der Waals surface area contributed by atoms with E-state index in [0.29, 0.717) is 5.69 Å². The predicted molar refractivity (Wildman–Crippen MR) is 109 cm³/mol. The van der Waals surface area contributed by atoms with Crippen LogP contribution in [0.25, 0.3) is 23.0 Å². The Balaban J connectivity index is 1.62. The van der Waals surface area contributed by atoms with Crippen molar-refractivity contribution in [2.45, 2.75) is 13.5 Å². The normalized spacial score (nSPS) is 10.7. The third-order valence-corrected chi connectivity index (χ3v) is 4.45. The standard InChI is InChI=1S/C22H17FN4O3/c1-14-9-11-15(12-10-14)24-19(28)13-27-18(7-4-8-20(27)29)22-25-21(26-30-22)16-5-2-3-6-17(16)23/h2-12H,13H2,1H3,(H,24,28). The van der Waals surface area contributed by atoms with E-state index in [1.807, 2.05) is 19.1 Å². The number of amides is 1. The van der Waals surface area contributed by atoms with Gasteiger partial charge in [0.1, 0.15) is 18.1 Å². The van der Waals surface area contributed by atoms with Crippen LogP contribution in [0.15, 0.2) is 76.0 Å². The number of carbonyl (C=O) groups excluding carboxylic acids is 1. The summed E-state index contributed by atoms with van der Waals surface area (Å²) in [4.78, 5) is 29.1. The van der Waals surface area contributed by atoms with E-state index < -0.39 is 11.4 Å². The van der Waals surface area contributed by atoms with Gasteiger partial charge in [0.15, 0.2) is 0 Å². The van der Waals surface area contributed by atoms with Gasteiger partial charge in [-0.3, -0.25) is 14.2 Å². The lowest BCUT2D eigenvalue weighted by atomic mass is 10.2. The summed E-state index contributed by atoms with van der Waals surface area (Å²) < 4.78 is 20.5. The molecule has 4 rings (SSSR count). The highest BCUT2D eigenvalue weighted by atomic mass is 19.1. The molecule has 7 nitrogen and oxygen atoms in total. The minimum Gasteiger partial charge on any atom is -0.332 e. The van der Waals surface area contributed by atoms with Crippen molar-refractivity contribution in [1.29, 1.82) is 0 Å². The fraction of sp³-hybridized carbons (Fsp3) is 0.0909. The fourth-order valence-electron chi connectivity index (χ4n) is 2.93. The molecule has 0 saturated carbocycles. The number of carbonyl (C=O) groups is 1. The number of benzene rings is 2. The Morgan fingerprint density at radius 2 is 1.83 bits per heavy atom. The molecule has 30 heavy (non-hydrogen) atoms. The van der Waals surface area contributed by atoms with E-state index in [2.05, 4.69) is 15.5 Å². The molecule has 0 atom stereocenters. The predicted octanol–water partition coefficient (Wildman–Crippen LogP) is 3.65. The summed E-state index contributed by atoms with van der Waals surface area (Å²) in [5, 5.41) is 6.55. The highest BCUT2D eigenvalue weighted by Crippen LogP contribution is 2.23. The van der Waals surface area contributed by atoms with Crippen molar-refractivity contribution < 1.29 is 13.7 Å². The van der Waals surface area contributed by atoms with Crippen LogP contribution in [-0.4, -0.2) is 20.6 Å². The SMILES string of the molecule is Cc1ccc(NC(=O)Cn2c(-c3nc(-c4ccccc4F)no3)cccc2=O)cc1. The average molecular weight is 404 g/mol. The molecular formula is C22H17FN4O3. The number of halogens is 1. The summed E-state index contributed by atoms with van der Waals surface area (Å²) in [5.41, 5.74) is 1.72. The van der Waals surface area contributed by atoms with Crippen LogP contribution in [0, 0.1) is 12.7 Å². The molecule has 2 aromatic carbocycles. The maximum Gasteiger partial charge on any atom is 0.274 e. The highest BCUT2D eigenvalue weighted by Gasteiger charge is 2.18. The molecule has 150 valence electrons. The molecule has 0 aliphatic heterocycles. The molecule has 4 aromatic rings. The van der Waals surface area contributed by atoms with Crippen LogP contribution in [0.3, 0.4) is 0 Å². The van der Waals surface area contributed by atoms with E-state index in [4.69, 9.17) is 4.52 Å². The molecule has 1 amide bonds. The summed E-state index contributed by atoms with van der Waals surface area (Å²) in [6, 6.07) is 17.8. The van der Waals surface area contributed by atoms with Gasteiger partial charge in [0.25, 0.3) is 11.4 Å². The van der Waals surface area contributed by atoms with E-state index >= 15 is 0 Å². The van der Waals surface area contributed by atoms with Crippen molar-refractivity contribution in [3.8, 4) is 23.0 Å². The largest absolute Gasteiger partial charge is 0.332 e. The molecule has 0 bridgehead atoms. The van der Waals surface area contributed by atoms with E-state index in [1.165, 1.54) is 28.8 Å². The first kappa shape index (κ1) is 19.3. The lowest BCUT2D eigenvalue weighted by Gasteiger charge is -2.10. The van der Waals surface area contributed by atoms with Gasteiger partial charge in [0.05, 0.1) is 5.56 Å². The Kier molecular flexibility index (Phi) is 5.21. The molecule has 0 saturated heterocycles. The second-order valence-corrected chi connectivity index (χ2v) is 6.65. The number of hydrogen-bond donors (Lipinski definition) is 1. The molecule has 0 radical (unpaired) electrons. The molecule has 0 aliphatic rings. The number of nitrogens with zero attached hydrogens (tertiary/aromatic N) is 3. The van der Waals surface area contributed by atoms with Crippen molar-refractivity contribution in [2.75, 3.05) is 5.32 Å². The van der Waals surface area contributed by atoms with Crippen molar-refractivity contribution in [2.24, 2.45) is 0 Å². The van der Waals surface area contributed by atoms with Gasteiger partial charge in [0.2, 0.25) is 11.7 Å². The smallest absolute Gasteiger partial charge is 0.274 e. The lowest BCUT2D eigenvalue weighted by Crippen LogP contribution is -2.28. The Hall–Kier alpha value is -4.07. The van der Waals surface area contributed by atoms with E-state index in [-0.39, 0.29) is 35.4 Å². The van der Waals surface area contributed by atoms with Crippen molar-refractivity contribution in [3.63, 3.8) is 0 Å². The summed E-state index contributed by atoms with van der Waals surface area (Å²) in [7, 11) is 0. The summed E-state index contributed by atoms with van der Waals surface area (Å²) in [5.74, 6) is -0.820. The first-order valence-electron chi connectivity index (χ1n) is 9.16. The van der Waals surface area contributed by atoms with Crippen LogP contribution in [0.5, 0.6) is 0 Å². The van der Waals surface area contributed by atoms with Gasteiger partial charge in [-0.15, -0.1) is 0 Å². The maximum atomic E-state index is 14.0. The minimum atomic E-state index is -0.493. The lowest BCUT2D eigenvalue weighted by molar-refractivity contribution is -0.116. The number of pyridine rings is 1. The zero-order valence-corrected chi connectivity index (χ0v) is 16.0. The van der Waals surface area contributed by atoms with Gasteiger partial charge in [-0.05, 0) is 37.3 Å². The summed E-state index contributed by atoms with van der Waals surface area (Å²) in [6.07, 6.45) is 0. The van der Waals surface area contributed by atoms with Crippen molar-refractivity contribution >= 4 is 11.6 Å². The third-order valence-electron chi connectivity index (χ3n) is 4.45. The maximum absolute atomic E-state index is 14.0. The molecule has 0 spiro atoms. The Bertz CT molecular complexity index is 1260.